The zero-order valence-corrected chi connectivity index (χ0v) is 18.4. The number of methoxy groups -OCH3 is 1. The van der Waals surface area contributed by atoms with Crippen LogP contribution in [0.25, 0.3) is 0 Å². The summed E-state index contributed by atoms with van der Waals surface area (Å²) in [6.07, 6.45) is -19.8. The Kier molecular flexibility index (Phi) is 9.95. The molecule has 0 aromatic heterocycles. The van der Waals surface area contributed by atoms with Crippen LogP contribution in [0.15, 0.2) is 0 Å². The van der Waals surface area contributed by atoms with Crippen LogP contribution in [0.4, 0.5) is 0 Å². The van der Waals surface area contributed by atoms with Gasteiger partial charge in [-0.1, -0.05) is 0 Å². The van der Waals surface area contributed by atoms with Crippen molar-refractivity contribution in [1.29, 1.82) is 0 Å². The molecule has 3 saturated heterocycles. The molecule has 3 aliphatic heterocycles. The monoisotopic (exact) mass is 502 g/mol. The molecule has 0 bridgehead atoms. The van der Waals surface area contributed by atoms with Crippen molar-refractivity contribution in [2.24, 2.45) is 0 Å². The van der Waals surface area contributed by atoms with Gasteiger partial charge in [-0.05, 0) is 0 Å². The Balaban J connectivity index is 1.67. The van der Waals surface area contributed by atoms with Gasteiger partial charge in [-0.25, -0.2) is 0 Å². The first-order valence-electron chi connectivity index (χ1n) is 10.9. The van der Waals surface area contributed by atoms with E-state index in [1.54, 1.807) is 0 Å². The van der Waals surface area contributed by atoms with Crippen LogP contribution in [0, 0.1) is 0 Å². The predicted molar refractivity (Wildman–Crippen MR) is 105 cm³/mol. The van der Waals surface area contributed by atoms with Gasteiger partial charge in [-0.3, -0.25) is 0 Å². The van der Waals surface area contributed by atoms with E-state index in [2.05, 4.69) is 0 Å². The second-order valence-corrected chi connectivity index (χ2v) is 8.49. The number of hydrogen-bond donors (Lipinski definition) is 9. The molecule has 0 aliphatic carbocycles. The van der Waals surface area contributed by atoms with Crippen LogP contribution >= 0.6 is 0 Å². The van der Waals surface area contributed by atoms with Crippen molar-refractivity contribution in [3.05, 3.63) is 0 Å². The minimum atomic E-state index is -1.68. The van der Waals surface area contributed by atoms with Crippen molar-refractivity contribution in [2.75, 3.05) is 26.9 Å². The van der Waals surface area contributed by atoms with Gasteiger partial charge in [-0.15, -0.1) is 0 Å². The average molecular weight is 502 g/mol. The third-order valence-corrected chi connectivity index (χ3v) is 6.15. The quantitative estimate of drug-likeness (QED) is 0.150. The lowest BCUT2D eigenvalue weighted by Crippen LogP contribution is -2.63. The fourth-order valence-electron chi connectivity index (χ4n) is 4.10. The van der Waals surface area contributed by atoms with Crippen molar-refractivity contribution in [2.45, 2.75) is 92.4 Å². The summed E-state index contributed by atoms with van der Waals surface area (Å²) in [4.78, 5) is 0. The SMILES string of the molecule is CO[C@H]1O[C@H](CO[C@H]2O[C@H](CO)[C@@H](O)[C@H](O)[C@@H]2O)[C@@H](O)[C@H](O[C@H]2O[C@H](CO)[C@@H](O)C[C@@H]2O)[C@@H]1O. The molecule has 0 aromatic carbocycles. The van der Waals surface area contributed by atoms with E-state index < -0.39 is 106 Å². The number of aliphatic hydroxyl groups is 9. The number of aliphatic hydroxyl groups excluding tert-OH is 9. The highest BCUT2D eigenvalue weighted by Crippen LogP contribution is 2.30. The third kappa shape index (κ3) is 5.86. The summed E-state index contributed by atoms with van der Waals surface area (Å²) >= 11 is 0. The van der Waals surface area contributed by atoms with E-state index in [1.165, 1.54) is 7.11 Å². The van der Waals surface area contributed by atoms with Crippen LogP contribution in [0.1, 0.15) is 6.42 Å². The molecule has 15 nitrogen and oxygen atoms in total. The molecule has 0 spiro atoms. The number of hydrogen-bond acceptors (Lipinski definition) is 15. The molecule has 3 heterocycles. The van der Waals surface area contributed by atoms with Gasteiger partial charge in [0.2, 0.25) is 0 Å². The van der Waals surface area contributed by atoms with Crippen LogP contribution in [-0.4, -0.2) is 159 Å². The summed E-state index contributed by atoms with van der Waals surface area (Å²) in [5.74, 6) is 0. The van der Waals surface area contributed by atoms with Gasteiger partial charge in [0.05, 0.1) is 25.9 Å². The highest BCUT2D eigenvalue weighted by Gasteiger charge is 2.50. The minimum Gasteiger partial charge on any atom is -0.394 e. The molecule has 15 heteroatoms. The number of rotatable bonds is 8. The van der Waals surface area contributed by atoms with Crippen molar-refractivity contribution >= 4 is 0 Å². The largest absolute Gasteiger partial charge is 0.394 e. The Hall–Kier alpha value is -0.600. The van der Waals surface area contributed by atoms with Gasteiger partial charge in [0.1, 0.15) is 61.0 Å². The van der Waals surface area contributed by atoms with Gasteiger partial charge in [0, 0.05) is 13.5 Å². The van der Waals surface area contributed by atoms with Gasteiger partial charge < -0.3 is 74.4 Å². The van der Waals surface area contributed by atoms with E-state index in [0.717, 1.165) is 0 Å². The van der Waals surface area contributed by atoms with Gasteiger partial charge >= 0.3 is 0 Å². The van der Waals surface area contributed by atoms with E-state index in [9.17, 15) is 46.0 Å². The zero-order chi connectivity index (χ0) is 25.2. The van der Waals surface area contributed by atoms with Crippen molar-refractivity contribution in [1.82, 2.24) is 0 Å². The van der Waals surface area contributed by atoms with Crippen LogP contribution in [0.2, 0.25) is 0 Å². The maximum absolute atomic E-state index is 10.8. The predicted octanol–water partition coefficient (Wildman–Crippen LogP) is -5.89. The first-order chi connectivity index (χ1) is 16.1. The molecule has 200 valence electrons. The Morgan fingerprint density at radius 2 is 1.26 bits per heavy atom. The van der Waals surface area contributed by atoms with Crippen molar-refractivity contribution in [3.63, 3.8) is 0 Å². The Bertz CT molecular complexity index is 625. The van der Waals surface area contributed by atoms with Crippen LogP contribution in [0.3, 0.4) is 0 Å². The molecular weight excluding hydrogens is 468 g/mol. The minimum absolute atomic E-state index is 0.178. The van der Waals surface area contributed by atoms with Crippen LogP contribution in [-0.2, 0) is 28.4 Å². The standard InChI is InChI=1S/C19H34O15/c1-29-18-15(28)16(34-17-7(23)2-6(22)8(3-20)31-17)12(25)10(33-18)5-30-19-14(27)13(26)11(24)9(4-21)32-19/h6-28H,2-5H2,1H3/t6-,7-,8+,9+,10+,11+,12+,13-,14-,15-,16-,17+,18-,19-/m0/s1. The summed E-state index contributed by atoms with van der Waals surface area (Å²) in [5, 5.41) is 89.8. The molecule has 3 fully saturated rings. The van der Waals surface area contributed by atoms with Crippen molar-refractivity contribution < 1.29 is 74.4 Å². The van der Waals surface area contributed by atoms with E-state index in [0.29, 0.717) is 0 Å². The topological polar surface area (TPSA) is 237 Å². The Morgan fingerprint density at radius 1 is 0.647 bits per heavy atom. The van der Waals surface area contributed by atoms with Gasteiger partial charge in [0.15, 0.2) is 18.9 Å². The fourth-order valence-corrected chi connectivity index (χ4v) is 4.10. The first-order valence-corrected chi connectivity index (χ1v) is 10.9. The van der Waals surface area contributed by atoms with E-state index in [-0.39, 0.29) is 6.42 Å². The number of ether oxygens (including phenoxy) is 6. The van der Waals surface area contributed by atoms with Crippen LogP contribution in [0.5, 0.6) is 0 Å². The molecule has 0 radical (unpaired) electrons. The molecule has 0 aromatic rings. The second kappa shape index (κ2) is 12.1. The highest BCUT2D eigenvalue weighted by atomic mass is 16.7. The summed E-state index contributed by atoms with van der Waals surface area (Å²) in [7, 11) is 1.22. The molecule has 0 amide bonds. The molecule has 3 rings (SSSR count). The third-order valence-electron chi connectivity index (χ3n) is 6.15. The summed E-state index contributed by atoms with van der Waals surface area (Å²) in [6, 6.07) is 0. The van der Waals surface area contributed by atoms with Gasteiger partial charge in [0.25, 0.3) is 0 Å². The normalized spacial score (nSPS) is 50.3. The van der Waals surface area contributed by atoms with E-state index in [1.807, 2.05) is 0 Å². The zero-order valence-electron chi connectivity index (χ0n) is 18.4. The molecule has 9 N–H and O–H groups in total. The molecular formula is C19H34O15. The fraction of sp³-hybridized carbons (Fsp3) is 1.00. The lowest BCUT2D eigenvalue weighted by molar-refractivity contribution is -0.356. The first kappa shape index (κ1) is 28.0. The van der Waals surface area contributed by atoms with E-state index in [4.69, 9.17) is 28.4 Å². The average Bonchev–Trinajstić information content (AvgIpc) is 2.82. The van der Waals surface area contributed by atoms with Crippen LogP contribution < -0.4 is 0 Å². The highest BCUT2D eigenvalue weighted by molar-refractivity contribution is 4.93. The maximum atomic E-state index is 10.8. The molecule has 3 aliphatic rings. The lowest BCUT2D eigenvalue weighted by Gasteiger charge is -2.45. The maximum Gasteiger partial charge on any atom is 0.186 e. The second-order valence-electron chi connectivity index (χ2n) is 8.49. The van der Waals surface area contributed by atoms with E-state index >= 15 is 0 Å². The summed E-state index contributed by atoms with van der Waals surface area (Å²) < 4.78 is 32.2. The summed E-state index contributed by atoms with van der Waals surface area (Å²) in [5.41, 5.74) is 0. The van der Waals surface area contributed by atoms with Gasteiger partial charge in [-0.2, -0.15) is 0 Å². The molecule has 0 unspecified atom stereocenters. The Labute approximate surface area is 194 Å². The van der Waals surface area contributed by atoms with Crippen molar-refractivity contribution in [3.8, 4) is 0 Å². The summed E-state index contributed by atoms with van der Waals surface area (Å²) in [6.45, 7) is -1.68. The Morgan fingerprint density at radius 3 is 1.88 bits per heavy atom. The molecule has 14 atom stereocenters. The molecule has 34 heavy (non-hydrogen) atoms. The smallest absolute Gasteiger partial charge is 0.186 e. The lowest BCUT2D eigenvalue weighted by atomic mass is 9.97. The molecule has 0 saturated carbocycles.